The molecule has 9 heteroatoms. The van der Waals surface area contributed by atoms with Gasteiger partial charge in [-0.05, 0) is 25.1 Å². The zero-order chi connectivity index (χ0) is 19.9. The third-order valence-corrected chi connectivity index (χ3v) is 4.33. The molecule has 28 heavy (non-hydrogen) atoms. The van der Waals surface area contributed by atoms with E-state index < -0.39 is 0 Å². The van der Waals surface area contributed by atoms with E-state index in [9.17, 15) is 0 Å². The summed E-state index contributed by atoms with van der Waals surface area (Å²) in [7, 11) is 3.98. The Kier molecular flexibility index (Phi) is 6.65. The molecule has 0 aliphatic heterocycles. The molecule has 1 N–H and O–H groups in total. The highest BCUT2D eigenvalue weighted by Gasteiger charge is 2.11. The standard InChI is InChI=1S/C19H24ClN7O/c1-4-21-19(27(3)13-15-11-14(20)12-26(15)2)23-10-8-17-24-18(28-25-17)16-7-5-6-9-22-16/h5-7,9,11-12H,4,8,10,13H2,1-3H3,(H,21,23). The van der Waals surface area contributed by atoms with Gasteiger partial charge in [-0.2, -0.15) is 4.98 Å². The van der Waals surface area contributed by atoms with Crippen molar-refractivity contribution in [1.82, 2.24) is 29.9 Å². The van der Waals surface area contributed by atoms with Gasteiger partial charge >= 0.3 is 0 Å². The van der Waals surface area contributed by atoms with E-state index in [4.69, 9.17) is 16.1 Å². The van der Waals surface area contributed by atoms with Crippen LogP contribution in [0, 0.1) is 0 Å². The van der Waals surface area contributed by atoms with Crippen LogP contribution < -0.4 is 5.32 Å². The van der Waals surface area contributed by atoms with E-state index >= 15 is 0 Å². The highest BCUT2D eigenvalue weighted by Crippen LogP contribution is 2.15. The van der Waals surface area contributed by atoms with Crippen LogP contribution in [0.15, 0.2) is 46.2 Å². The predicted octanol–water partition coefficient (Wildman–Crippen LogP) is 2.76. The minimum atomic E-state index is 0.421. The van der Waals surface area contributed by atoms with Gasteiger partial charge in [0.2, 0.25) is 0 Å². The summed E-state index contributed by atoms with van der Waals surface area (Å²) in [4.78, 5) is 15.3. The molecule has 3 heterocycles. The summed E-state index contributed by atoms with van der Waals surface area (Å²) in [5, 5.41) is 8.05. The lowest BCUT2D eigenvalue weighted by molar-refractivity contribution is 0.421. The van der Waals surface area contributed by atoms with Crippen molar-refractivity contribution in [2.45, 2.75) is 19.9 Å². The number of nitrogens with one attached hydrogen (secondary N) is 1. The van der Waals surface area contributed by atoms with E-state index in [2.05, 4.69) is 30.3 Å². The first kappa shape index (κ1) is 19.9. The molecule has 3 aromatic rings. The summed E-state index contributed by atoms with van der Waals surface area (Å²) >= 11 is 6.08. The molecule has 0 saturated heterocycles. The Balaban J connectivity index is 1.61. The fourth-order valence-corrected chi connectivity index (χ4v) is 2.99. The number of nitrogens with zero attached hydrogens (tertiary/aromatic N) is 6. The Bertz CT molecular complexity index is 920. The zero-order valence-electron chi connectivity index (χ0n) is 16.3. The molecule has 0 aliphatic carbocycles. The molecule has 3 rings (SSSR count). The van der Waals surface area contributed by atoms with Crippen molar-refractivity contribution in [2.75, 3.05) is 20.1 Å². The van der Waals surface area contributed by atoms with Crippen LogP contribution in [-0.4, -0.2) is 50.7 Å². The maximum Gasteiger partial charge on any atom is 0.276 e. The molecule has 0 aromatic carbocycles. The predicted molar refractivity (Wildman–Crippen MR) is 109 cm³/mol. The van der Waals surface area contributed by atoms with Crippen LogP contribution in [0.2, 0.25) is 5.02 Å². The molecule has 148 valence electrons. The normalized spacial score (nSPS) is 11.6. The van der Waals surface area contributed by atoms with E-state index in [1.54, 1.807) is 6.20 Å². The van der Waals surface area contributed by atoms with Crippen molar-refractivity contribution in [3.05, 3.63) is 53.2 Å². The lowest BCUT2D eigenvalue weighted by Gasteiger charge is -2.22. The maximum atomic E-state index is 6.08. The number of rotatable bonds is 7. The van der Waals surface area contributed by atoms with E-state index in [-0.39, 0.29) is 0 Å². The molecule has 0 atom stereocenters. The Morgan fingerprint density at radius 3 is 2.93 bits per heavy atom. The number of aliphatic imine (C=N–C) groups is 1. The highest BCUT2D eigenvalue weighted by atomic mass is 35.5. The van der Waals surface area contributed by atoms with Crippen molar-refractivity contribution in [1.29, 1.82) is 0 Å². The van der Waals surface area contributed by atoms with Gasteiger partial charge in [0.1, 0.15) is 5.69 Å². The van der Waals surface area contributed by atoms with E-state index in [1.807, 2.05) is 56.0 Å². The first-order chi connectivity index (χ1) is 13.6. The number of halogens is 1. The monoisotopic (exact) mass is 401 g/mol. The van der Waals surface area contributed by atoms with Gasteiger partial charge in [-0.1, -0.05) is 22.8 Å². The second kappa shape index (κ2) is 9.36. The Labute approximate surface area is 169 Å². The molecule has 0 amide bonds. The topological polar surface area (TPSA) is 84.4 Å². The number of hydrogen-bond acceptors (Lipinski definition) is 5. The molecule has 0 bridgehead atoms. The summed E-state index contributed by atoms with van der Waals surface area (Å²) in [6.45, 7) is 4.06. The van der Waals surface area contributed by atoms with Gasteiger partial charge in [0.05, 0.1) is 11.6 Å². The smallest absolute Gasteiger partial charge is 0.276 e. The number of aromatic nitrogens is 4. The Morgan fingerprint density at radius 2 is 2.25 bits per heavy atom. The zero-order valence-corrected chi connectivity index (χ0v) is 17.0. The molecule has 0 spiro atoms. The largest absolute Gasteiger partial charge is 0.357 e. The van der Waals surface area contributed by atoms with Crippen LogP contribution in [0.4, 0.5) is 0 Å². The molecule has 0 fully saturated rings. The minimum Gasteiger partial charge on any atom is -0.357 e. The third kappa shape index (κ3) is 5.10. The summed E-state index contributed by atoms with van der Waals surface area (Å²) in [6, 6.07) is 7.52. The fraction of sp³-hybridized carbons (Fsp3) is 0.368. The molecule has 0 saturated carbocycles. The van der Waals surface area contributed by atoms with Crippen LogP contribution in [0.5, 0.6) is 0 Å². The second-order valence-electron chi connectivity index (χ2n) is 6.33. The first-order valence-electron chi connectivity index (χ1n) is 9.11. The molecule has 3 aromatic heterocycles. The quantitative estimate of drug-likeness (QED) is 0.484. The third-order valence-electron chi connectivity index (χ3n) is 4.12. The number of hydrogen-bond donors (Lipinski definition) is 1. The minimum absolute atomic E-state index is 0.421. The van der Waals surface area contributed by atoms with Crippen LogP contribution in [0.1, 0.15) is 18.4 Å². The lowest BCUT2D eigenvalue weighted by Crippen LogP contribution is -2.39. The van der Waals surface area contributed by atoms with Crippen molar-refractivity contribution in [3.8, 4) is 11.6 Å². The molecule has 0 unspecified atom stereocenters. The van der Waals surface area contributed by atoms with Crippen molar-refractivity contribution in [2.24, 2.45) is 12.0 Å². The fourth-order valence-electron chi connectivity index (χ4n) is 2.72. The Hall–Kier alpha value is -2.87. The summed E-state index contributed by atoms with van der Waals surface area (Å²) in [6.07, 6.45) is 4.17. The van der Waals surface area contributed by atoms with E-state index in [0.717, 1.165) is 23.2 Å². The van der Waals surface area contributed by atoms with Crippen molar-refractivity contribution < 1.29 is 4.52 Å². The van der Waals surface area contributed by atoms with Crippen molar-refractivity contribution in [3.63, 3.8) is 0 Å². The molecule has 8 nitrogen and oxygen atoms in total. The average molecular weight is 402 g/mol. The SMILES string of the molecule is CCNC(=NCCc1noc(-c2ccccn2)n1)N(C)Cc1cc(Cl)cn1C. The van der Waals surface area contributed by atoms with E-state index in [1.165, 1.54) is 0 Å². The lowest BCUT2D eigenvalue weighted by atomic mass is 10.3. The number of aryl methyl sites for hydroxylation is 1. The Morgan fingerprint density at radius 1 is 1.39 bits per heavy atom. The van der Waals surface area contributed by atoms with Gasteiger partial charge in [0.15, 0.2) is 11.8 Å². The number of guanidine groups is 1. The highest BCUT2D eigenvalue weighted by molar-refractivity contribution is 6.30. The van der Waals surface area contributed by atoms with Crippen LogP contribution in [-0.2, 0) is 20.0 Å². The number of pyridine rings is 1. The summed E-state index contributed by atoms with van der Waals surface area (Å²) in [5.41, 5.74) is 1.77. The summed E-state index contributed by atoms with van der Waals surface area (Å²) < 4.78 is 7.30. The van der Waals surface area contributed by atoms with E-state index in [0.29, 0.717) is 36.9 Å². The second-order valence-corrected chi connectivity index (χ2v) is 6.77. The van der Waals surface area contributed by atoms with Gasteiger partial charge in [0, 0.05) is 51.7 Å². The van der Waals surface area contributed by atoms with Gasteiger partial charge in [-0.15, -0.1) is 0 Å². The van der Waals surface area contributed by atoms with Gasteiger partial charge in [-0.3, -0.25) is 9.98 Å². The first-order valence-corrected chi connectivity index (χ1v) is 9.48. The average Bonchev–Trinajstić information content (AvgIpc) is 3.28. The van der Waals surface area contributed by atoms with Crippen LogP contribution in [0.25, 0.3) is 11.6 Å². The van der Waals surface area contributed by atoms with Gasteiger partial charge in [0.25, 0.3) is 5.89 Å². The molecular formula is C19H24ClN7O. The van der Waals surface area contributed by atoms with Gasteiger partial charge in [-0.25, -0.2) is 0 Å². The van der Waals surface area contributed by atoms with Crippen LogP contribution >= 0.6 is 11.6 Å². The molecule has 0 aliphatic rings. The summed E-state index contributed by atoms with van der Waals surface area (Å²) in [5.74, 6) is 1.84. The van der Waals surface area contributed by atoms with Crippen LogP contribution in [0.3, 0.4) is 0 Å². The maximum absolute atomic E-state index is 6.08. The van der Waals surface area contributed by atoms with Gasteiger partial charge < -0.3 is 19.3 Å². The molecule has 0 radical (unpaired) electrons. The molecular weight excluding hydrogens is 378 g/mol. The van der Waals surface area contributed by atoms with Crippen molar-refractivity contribution >= 4 is 17.6 Å².